The first kappa shape index (κ1) is 16.4. The number of nitrogens with zero attached hydrogens (tertiary/aromatic N) is 1. The zero-order chi connectivity index (χ0) is 15.6. The first-order valence-electron chi connectivity index (χ1n) is 6.03. The number of hydrogen-bond donors (Lipinski definition) is 1. The highest BCUT2D eigenvalue weighted by molar-refractivity contribution is 7.89. The van der Waals surface area contributed by atoms with Crippen molar-refractivity contribution in [3.05, 3.63) is 50.9 Å². The smallest absolute Gasteiger partial charge is 0.246 e. The van der Waals surface area contributed by atoms with Gasteiger partial charge in [0.1, 0.15) is 10.7 Å². The zero-order valence-corrected chi connectivity index (χ0v) is 13.6. The van der Waals surface area contributed by atoms with Crippen LogP contribution in [0, 0.1) is 5.82 Å². The van der Waals surface area contributed by atoms with Crippen LogP contribution in [0.2, 0.25) is 4.34 Å². The van der Waals surface area contributed by atoms with E-state index in [1.54, 1.807) is 12.1 Å². The highest BCUT2D eigenvalue weighted by atomic mass is 35.5. The largest absolute Gasteiger partial charge is 0.326 e. The van der Waals surface area contributed by atoms with Crippen molar-refractivity contribution in [1.29, 1.82) is 0 Å². The van der Waals surface area contributed by atoms with Crippen LogP contribution in [-0.2, 0) is 23.1 Å². The summed E-state index contributed by atoms with van der Waals surface area (Å²) in [6.45, 7) is 0.290. The average Bonchev–Trinajstić information content (AvgIpc) is 2.83. The molecule has 114 valence electrons. The summed E-state index contributed by atoms with van der Waals surface area (Å²) in [6, 6.07) is 7.32. The number of nitrogens with two attached hydrogens (primary N) is 1. The molecule has 0 unspecified atom stereocenters. The number of thiophene rings is 1. The second-order valence-electron chi connectivity index (χ2n) is 4.44. The maximum atomic E-state index is 14.0. The SMILES string of the molecule is CN(Cc1ccc(Cl)s1)S(=O)(=O)c1ccc(CN)cc1F. The van der Waals surface area contributed by atoms with E-state index in [1.807, 2.05) is 0 Å². The fourth-order valence-corrected chi connectivity index (χ4v) is 4.20. The number of hydrogen-bond acceptors (Lipinski definition) is 4. The van der Waals surface area contributed by atoms with E-state index >= 15 is 0 Å². The second kappa shape index (κ2) is 6.41. The van der Waals surface area contributed by atoms with E-state index in [4.69, 9.17) is 17.3 Å². The van der Waals surface area contributed by atoms with Crippen molar-refractivity contribution in [3.8, 4) is 0 Å². The fourth-order valence-electron chi connectivity index (χ4n) is 1.79. The lowest BCUT2D eigenvalue weighted by molar-refractivity contribution is 0.462. The van der Waals surface area contributed by atoms with Crippen molar-refractivity contribution in [1.82, 2.24) is 4.31 Å². The topological polar surface area (TPSA) is 63.4 Å². The molecule has 2 N–H and O–H groups in total. The van der Waals surface area contributed by atoms with Crippen LogP contribution in [0.1, 0.15) is 10.4 Å². The van der Waals surface area contributed by atoms with Crippen molar-refractivity contribution in [2.24, 2.45) is 5.73 Å². The number of halogens is 2. The highest BCUT2D eigenvalue weighted by Gasteiger charge is 2.25. The minimum atomic E-state index is -3.90. The lowest BCUT2D eigenvalue weighted by Gasteiger charge is -2.17. The fraction of sp³-hybridized carbons (Fsp3) is 0.231. The summed E-state index contributed by atoms with van der Waals surface area (Å²) in [6.07, 6.45) is 0. The molecule has 2 rings (SSSR count). The van der Waals surface area contributed by atoms with Crippen molar-refractivity contribution >= 4 is 33.0 Å². The lowest BCUT2D eigenvalue weighted by Crippen LogP contribution is -2.27. The molecule has 0 amide bonds. The second-order valence-corrected chi connectivity index (χ2v) is 8.25. The Morgan fingerprint density at radius 1 is 1.33 bits per heavy atom. The van der Waals surface area contributed by atoms with Crippen LogP contribution in [0.25, 0.3) is 0 Å². The number of rotatable bonds is 5. The van der Waals surface area contributed by atoms with Crippen LogP contribution < -0.4 is 5.73 Å². The van der Waals surface area contributed by atoms with Gasteiger partial charge in [0.05, 0.1) is 4.34 Å². The number of benzene rings is 1. The van der Waals surface area contributed by atoms with E-state index in [2.05, 4.69) is 0 Å². The van der Waals surface area contributed by atoms with Gasteiger partial charge in [-0.25, -0.2) is 12.8 Å². The molecule has 1 heterocycles. The van der Waals surface area contributed by atoms with Crippen LogP contribution in [0.15, 0.2) is 35.2 Å². The van der Waals surface area contributed by atoms with Crippen molar-refractivity contribution in [3.63, 3.8) is 0 Å². The van der Waals surface area contributed by atoms with E-state index < -0.39 is 15.8 Å². The Kier molecular flexibility index (Phi) is 5.00. The van der Waals surface area contributed by atoms with Crippen molar-refractivity contribution in [2.45, 2.75) is 18.0 Å². The summed E-state index contributed by atoms with van der Waals surface area (Å²) in [7, 11) is -2.50. The molecule has 0 bridgehead atoms. The van der Waals surface area contributed by atoms with E-state index in [0.717, 1.165) is 15.2 Å². The van der Waals surface area contributed by atoms with Gasteiger partial charge in [0.15, 0.2) is 0 Å². The predicted octanol–water partition coefficient (Wildman–Crippen LogP) is 2.82. The van der Waals surface area contributed by atoms with Gasteiger partial charge in [-0.1, -0.05) is 17.7 Å². The third-order valence-electron chi connectivity index (χ3n) is 2.93. The molecule has 0 atom stereocenters. The molecule has 0 aliphatic heterocycles. The standard InChI is InChI=1S/C13H14ClFN2O2S2/c1-17(8-10-3-5-13(14)20-10)21(18,19)12-4-2-9(7-16)6-11(12)15/h2-6H,7-8,16H2,1H3. The molecule has 1 aromatic heterocycles. The summed E-state index contributed by atoms with van der Waals surface area (Å²) in [5.41, 5.74) is 5.95. The average molecular weight is 349 g/mol. The summed E-state index contributed by atoms with van der Waals surface area (Å²) >= 11 is 7.10. The first-order chi connectivity index (χ1) is 9.84. The summed E-state index contributed by atoms with van der Waals surface area (Å²) in [5, 5.41) is 0. The molecule has 0 fully saturated rings. The molecule has 0 radical (unpaired) electrons. The molecular formula is C13H14ClFN2O2S2. The van der Waals surface area contributed by atoms with E-state index in [-0.39, 0.29) is 18.0 Å². The van der Waals surface area contributed by atoms with Crippen LogP contribution >= 0.6 is 22.9 Å². The van der Waals surface area contributed by atoms with Gasteiger partial charge in [-0.3, -0.25) is 0 Å². The Hall–Kier alpha value is -0.990. The van der Waals surface area contributed by atoms with Gasteiger partial charge in [-0.05, 0) is 29.8 Å². The van der Waals surface area contributed by atoms with Crippen molar-refractivity contribution < 1.29 is 12.8 Å². The molecule has 1 aromatic carbocycles. The first-order valence-corrected chi connectivity index (χ1v) is 8.67. The van der Waals surface area contributed by atoms with Gasteiger partial charge >= 0.3 is 0 Å². The van der Waals surface area contributed by atoms with E-state index in [1.165, 1.54) is 30.5 Å². The Balaban J connectivity index is 2.28. The minimum Gasteiger partial charge on any atom is -0.326 e. The monoisotopic (exact) mass is 348 g/mol. The third-order valence-corrected chi connectivity index (χ3v) is 5.98. The predicted molar refractivity (Wildman–Crippen MR) is 82.3 cm³/mol. The molecule has 0 spiro atoms. The van der Waals surface area contributed by atoms with Gasteiger partial charge in [0.2, 0.25) is 10.0 Å². The maximum Gasteiger partial charge on any atom is 0.246 e. The van der Waals surface area contributed by atoms with Crippen LogP contribution in [0.3, 0.4) is 0 Å². The Morgan fingerprint density at radius 3 is 2.57 bits per heavy atom. The van der Waals surface area contributed by atoms with Crippen LogP contribution in [-0.4, -0.2) is 19.8 Å². The summed E-state index contributed by atoms with van der Waals surface area (Å²) in [4.78, 5) is 0.426. The Labute approximate surface area is 132 Å². The zero-order valence-electron chi connectivity index (χ0n) is 11.2. The van der Waals surface area contributed by atoms with E-state index in [0.29, 0.717) is 9.90 Å². The quantitative estimate of drug-likeness (QED) is 0.903. The number of sulfonamides is 1. The molecule has 0 saturated heterocycles. The van der Waals surface area contributed by atoms with Gasteiger partial charge < -0.3 is 5.73 Å². The molecule has 0 saturated carbocycles. The van der Waals surface area contributed by atoms with E-state index in [9.17, 15) is 12.8 Å². The van der Waals surface area contributed by atoms with Crippen LogP contribution in [0.5, 0.6) is 0 Å². The van der Waals surface area contributed by atoms with Gasteiger partial charge in [-0.2, -0.15) is 4.31 Å². The summed E-state index contributed by atoms with van der Waals surface area (Å²) in [5.74, 6) is -0.797. The molecular weight excluding hydrogens is 335 g/mol. The van der Waals surface area contributed by atoms with Gasteiger partial charge in [-0.15, -0.1) is 11.3 Å². The van der Waals surface area contributed by atoms with Crippen molar-refractivity contribution in [2.75, 3.05) is 7.05 Å². The minimum absolute atomic E-state index is 0.137. The normalized spacial score (nSPS) is 12.0. The molecule has 8 heteroatoms. The molecule has 0 aliphatic carbocycles. The molecule has 2 aromatic rings. The van der Waals surface area contributed by atoms with Gasteiger partial charge in [0, 0.05) is 25.0 Å². The molecule has 4 nitrogen and oxygen atoms in total. The van der Waals surface area contributed by atoms with Gasteiger partial charge in [0.25, 0.3) is 0 Å². The molecule has 21 heavy (non-hydrogen) atoms. The third kappa shape index (κ3) is 3.61. The van der Waals surface area contributed by atoms with Crippen LogP contribution in [0.4, 0.5) is 4.39 Å². The molecule has 0 aliphatic rings. The Bertz CT molecular complexity index is 746. The Morgan fingerprint density at radius 2 is 2.05 bits per heavy atom. The highest BCUT2D eigenvalue weighted by Crippen LogP contribution is 2.25. The lowest BCUT2D eigenvalue weighted by atomic mass is 10.2. The summed E-state index contributed by atoms with van der Waals surface area (Å²) < 4.78 is 40.4. The maximum absolute atomic E-state index is 14.0.